The third kappa shape index (κ3) is 28.7. The van der Waals surface area contributed by atoms with Crippen LogP contribution in [0, 0.1) is 0 Å². The minimum Gasteiger partial charge on any atom is -0.394 e. The number of rotatable bonds is 34. The van der Waals surface area contributed by atoms with Gasteiger partial charge in [0.1, 0.15) is 12.2 Å². The largest absolute Gasteiger partial charge is 0.394 e. The summed E-state index contributed by atoms with van der Waals surface area (Å²) in [5.41, 5.74) is 0. The fraction of sp³-hybridized carbons (Fsp3) is 0.872. The molecule has 0 aromatic carbocycles. The molecule has 0 aromatic rings. The van der Waals surface area contributed by atoms with Crippen molar-refractivity contribution in [1.82, 2.24) is 5.32 Å². The van der Waals surface area contributed by atoms with Gasteiger partial charge in [-0.2, -0.15) is 0 Å². The Kier molecular flexibility index (Phi) is 33.2. The molecule has 5 N–H and O–H groups in total. The van der Waals surface area contributed by atoms with Crippen LogP contribution in [0.1, 0.15) is 187 Å². The van der Waals surface area contributed by atoms with Crippen LogP contribution in [0.2, 0.25) is 0 Å². The Labute approximate surface area is 278 Å². The van der Waals surface area contributed by atoms with E-state index < -0.39 is 36.9 Å². The Morgan fingerprint density at radius 2 is 0.933 bits per heavy atom. The monoisotopic (exact) mass is 638 g/mol. The fourth-order valence-electron chi connectivity index (χ4n) is 5.77. The summed E-state index contributed by atoms with van der Waals surface area (Å²) in [6.45, 7) is 3.99. The van der Waals surface area contributed by atoms with Gasteiger partial charge < -0.3 is 25.7 Å². The third-order valence-electron chi connectivity index (χ3n) is 8.89. The summed E-state index contributed by atoms with van der Waals surface area (Å²) in [6, 6.07) is -1.00. The van der Waals surface area contributed by atoms with Gasteiger partial charge in [0.25, 0.3) is 0 Å². The van der Waals surface area contributed by atoms with Crippen LogP contribution in [-0.4, -0.2) is 57.3 Å². The van der Waals surface area contributed by atoms with Gasteiger partial charge in [0.15, 0.2) is 0 Å². The molecule has 0 saturated carbocycles. The van der Waals surface area contributed by atoms with Crippen molar-refractivity contribution < 1.29 is 25.2 Å². The topological polar surface area (TPSA) is 110 Å². The quantitative estimate of drug-likeness (QED) is 0.0357. The number of aliphatic hydroxyl groups is 4. The maximum absolute atomic E-state index is 12.4. The SMILES string of the molecule is CCCCC/C=C/CC/C=C/CCCC(O)C(O)C(CO)NC(=O)C(O)CCCCCCCCCCCCCCCCCCC. The van der Waals surface area contributed by atoms with E-state index in [1.54, 1.807) is 0 Å². The highest BCUT2D eigenvalue weighted by Crippen LogP contribution is 2.15. The van der Waals surface area contributed by atoms with E-state index in [-0.39, 0.29) is 0 Å². The van der Waals surface area contributed by atoms with E-state index in [2.05, 4.69) is 43.5 Å². The van der Waals surface area contributed by atoms with Crippen molar-refractivity contribution in [3.8, 4) is 0 Å². The van der Waals surface area contributed by atoms with Crippen LogP contribution in [0.25, 0.3) is 0 Å². The second-order valence-electron chi connectivity index (χ2n) is 13.3. The molecule has 0 fully saturated rings. The highest BCUT2D eigenvalue weighted by molar-refractivity contribution is 5.80. The van der Waals surface area contributed by atoms with E-state index >= 15 is 0 Å². The van der Waals surface area contributed by atoms with Gasteiger partial charge in [0.05, 0.1) is 18.8 Å². The molecule has 266 valence electrons. The Hall–Kier alpha value is -1.21. The van der Waals surface area contributed by atoms with Crippen molar-refractivity contribution >= 4 is 5.91 Å². The third-order valence-corrected chi connectivity index (χ3v) is 8.89. The predicted molar refractivity (Wildman–Crippen MR) is 191 cm³/mol. The predicted octanol–water partition coefficient (Wildman–Crippen LogP) is 9.23. The van der Waals surface area contributed by atoms with Gasteiger partial charge in [-0.15, -0.1) is 0 Å². The Balaban J connectivity index is 3.82. The standard InChI is InChI=1S/C39H75NO5/c1-3-5-7-9-11-13-15-17-18-19-20-21-23-25-27-29-31-33-37(43)39(45)40-35(34-41)38(44)36(42)32-30-28-26-24-22-16-14-12-10-8-6-4-2/h12,14,24,26,35-38,41-44H,3-11,13,15-23,25,27-34H2,1-2H3,(H,40,45)/b14-12+,26-24+. The molecule has 0 heterocycles. The summed E-state index contributed by atoms with van der Waals surface area (Å²) in [5, 5.41) is 43.4. The summed E-state index contributed by atoms with van der Waals surface area (Å²) >= 11 is 0. The molecule has 0 saturated heterocycles. The van der Waals surface area contributed by atoms with Crippen LogP contribution < -0.4 is 5.32 Å². The maximum Gasteiger partial charge on any atom is 0.249 e. The number of carbonyl (C=O) groups is 1. The average Bonchev–Trinajstić information content (AvgIpc) is 3.04. The first-order valence-electron chi connectivity index (χ1n) is 19.2. The van der Waals surface area contributed by atoms with Crippen molar-refractivity contribution in [2.45, 2.75) is 212 Å². The van der Waals surface area contributed by atoms with E-state index in [0.717, 1.165) is 44.9 Å². The van der Waals surface area contributed by atoms with E-state index in [9.17, 15) is 25.2 Å². The Morgan fingerprint density at radius 1 is 0.533 bits per heavy atom. The summed E-state index contributed by atoms with van der Waals surface area (Å²) < 4.78 is 0. The lowest BCUT2D eigenvalue weighted by Crippen LogP contribution is -2.53. The number of carbonyl (C=O) groups excluding carboxylic acids is 1. The van der Waals surface area contributed by atoms with Gasteiger partial charge in [-0.3, -0.25) is 4.79 Å². The van der Waals surface area contributed by atoms with E-state index in [0.29, 0.717) is 19.3 Å². The Bertz CT molecular complexity index is 682. The molecule has 0 aromatic heterocycles. The number of nitrogens with one attached hydrogen (secondary N) is 1. The molecule has 1 amide bonds. The Morgan fingerprint density at radius 3 is 1.40 bits per heavy atom. The zero-order valence-corrected chi connectivity index (χ0v) is 29.6. The lowest BCUT2D eigenvalue weighted by molar-refractivity contribution is -0.132. The maximum atomic E-state index is 12.4. The van der Waals surface area contributed by atoms with E-state index in [1.165, 1.54) is 109 Å². The zero-order valence-electron chi connectivity index (χ0n) is 29.6. The van der Waals surface area contributed by atoms with Crippen LogP contribution in [0.15, 0.2) is 24.3 Å². The van der Waals surface area contributed by atoms with Gasteiger partial charge >= 0.3 is 0 Å². The van der Waals surface area contributed by atoms with Gasteiger partial charge in [0, 0.05) is 0 Å². The number of allylic oxidation sites excluding steroid dienone is 4. The molecule has 45 heavy (non-hydrogen) atoms. The van der Waals surface area contributed by atoms with Crippen molar-refractivity contribution in [2.75, 3.05) is 6.61 Å². The molecule has 0 spiro atoms. The fourth-order valence-corrected chi connectivity index (χ4v) is 5.77. The van der Waals surface area contributed by atoms with Gasteiger partial charge in [-0.1, -0.05) is 160 Å². The van der Waals surface area contributed by atoms with Gasteiger partial charge in [0.2, 0.25) is 5.91 Å². The molecule has 0 aliphatic rings. The van der Waals surface area contributed by atoms with Crippen LogP contribution >= 0.6 is 0 Å². The first-order valence-corrected chi connectivity index (χ1v) is 19.2. The highest BCUT2D eigenvalue weighted by Gasteiger charge is 2.28. The first kappa shape index (κ1) is 43.8. The minimum atomic E-state index is -1.28. The zero-order chi connectivity index (χ0) is 33.2. The van der Waals surface area contributed by atoms with Crippen molar-refractivity contribution in [1.29, 1.82) is 0 Å². The molecule has 0 rings (SSSR count). The lowest BCUT2D eigenvalue weighted by Gasteiger charge is -2.27. The molecule has 0 bridgehead atoms. The normalized spacial score (nSPS) is 14.7. The number of hydrogen-bond donors (Lipinski definition) is 5. The molecule has 4 atom stereocenters. The molecular weight excluding hydrogens is 562 g/mol. The number of aliphatic hydroxyl groups excluding tert-OH is 4. The van der Waals surface area contributed by atoms with Gasteiger partial charge in [-0.05, 0) is 51.4 Å². The summed E-state index contributed by atoms with van der Waals surface area (Å²) in [7, 11) is 0. The molecule has 0 aliphatic carbocycles. The second kappa shape index (κ2) is 34.1. The number of unbranched alkanes of at least 4 members (excludes halogenated alkanes) is 21. The van der Waals surface area contributed by atoms with Crippen LogP contribution in [0.5, 0.6) is 0 Å². The van der Waals surface area contributed by atoms with E-state index in [4.69, 9.17) is 0 Å². The number of hydrogen-bond acceptors (Lipinski definition) is 5. The highest BCUT2D eigenvalue weighted by atomic mass is 16.3. The van der Waals surface area contributed by atoms with E-state index in [1.807, 2.05) is 0 Å². The second-order valence-corrected chi connectivity index (χ2v) is 13.3. The lowest BCUT2D eigenvalue weighted by atomic mass is 10.00. The molecule has 6 nitrogen and oxygen atoms in total. The smallest absolute Gasteiger partial charge is 0.249 e. The van der Waals surface area contributed by atoms with Crippen LogP contribution in [0.3, 0.4) is 0 Å². The molecule has 6 heteroatoms. The summed E-state index contributed by atoms with van der Waals surface area (Å²) in [5.74, 6) is -0.598. The summed E-state index contributed by atoms with van der Waals surface area (Å²) in [6.07, 6.45) is 36.3. The van der Waals surface area contributed by atoms with Crippen molar-refractivity contribution in [2.24, 2.45) is 0 Å². The molecule has 0 radical (unpaired) electrons. The van der Waals surface area contributed by atoms with Gasteiger partial charge in [-0.25, -0.2) is 0 Å². The first-order chi connectivity index (χ1) is 22.0. The van der Waals surface area contributed by atoms with Crippen molar-refractivity contribution in [3.05, 3.63) is 24.3 Å². The van der Waals surface area contributed by atoms with Crippen LogP contribution in [-0.2, 0) is 4.79 Å². The average molecular weight is 638 g/mol. The van der Waals surface area contributed by atoms with Crippen molar-refractivity contribution in [3.63, 3.8) is 0 Å². The molecule has 0 aliphatic heterocycles. The molecule has 4 unspecified atom stereocenters. The minimum absolute atomic E-state index is 0.363. The molecular formula is C39H75NO5. The van der Waals surface area contributed by atoms with Crippen LogP contribution in [0.4, 0.5) is 0 Å². The summed E-state index contributed by atoms with van der Waals surface area (Å²) in [4.78, 5) is 12.4. The number of amides is 1.